The molecular weight excluding hydrogens is 394 g/mol. The van der Waals surface area contributed by atoms with E-state index in [4.69, 9.17) is 0 Å². The SMILES string of the molecule is CC(C)(C)c1ccc(CCCC(=O)Nc2cc(-c3ccccc3)sc2C(=O)O)cc1. The van der Waals surface area contributed by atoms with Gasteiger partial charge in [0, 0.05) is 11.3 Å². The van der Waals surface area contributed by atoms with Gasteiger partial charge in [0.25, 0.3) is 0 Å². The Morgan fingerprint density at radius 1 is 1.00 bits per heavy atom. The Balaban J connectivity index is 1.59. The zero-order chi connectivity index (χ0) is 21.7. The molecule has 5 heteroatoms. The van der Waals surface area contributed by atoms with Crippen molar-refractivity contribution in [1.29, 1.82) is 0 Å². The molecule has 0 unspecified atom stereocenters. The van der Waals surface area contributed by atoms with Crippen molar-refractivity contribution in [3.05, 3.63) is 76.7 Å². The summed E-state index contributed by atoms with van der Waals surface area (Å²) < 4.78 is 0. The monoisotopic (exact) mass is 421 g/mol. The van der Waals surface area contributed by atoms with E-state index in [1.165, 1.54) is 22.5 Å². The molecule has 1 aromatic heterocycles. The van der Waals surface area contributed by atoms with Crippen LogP contribution in [0.5, 0.6) is 0 Å². The van der Waals surface area contributed by atoms with Crippen molar-refractivity contribution in [2.24, 2.45) is 0 Å². The van der Waals surface area contributed by atoms with Crippen LogP contribution >= 0.6 is 11.3 Å². The third-order valence-corrected chi connectivity index (χ3v) is 6.12. The molecule has 1 amide bonds. The van der Waals surface area contributed by atoms with Crippen LogP contribution in [0.15, 0.2) is 60.7 Å². The van der Waals surface area contributed by atoms with Gasteiger partial charge in [0.15, 0.2) is 0 Å². The lowest BCUT2D eigenvalue weighted by molar-refractivity contribution is -0.116. The molecule has 2 N–H and O–H groups in total. The van der Waals surface area contributed by atoms with Gasteiger partial charge in [-0.15, -0.1) is 11.3 Å². The molecule has 156 valence electrons. The van der Waals surface area contributed by atoms with E-state index in [0.29, 0.717) is 18.5 Å². The van der Waals surface area contributed by atoms with Gasteiger partial charge < -0.3 is 10.4 Å². The minimum absolute atomic E-state index is 0.124. The van der Waals surface area contributed by atoms with Crippen molar-refractivity contribution in [3.8, 4) is 10.4 Å². The van der Waals surface area contributed by atoms with Gasteiger partial charge in [-0.1, -0.05) is 75.4 Å². The zero-order valence-electron chi connectivity index (χ0n) is 17.6. The highest BCUT2D eigenvalue weighted by molar-refractivity contribution is 7.18. The summed E-state index contributed by atoms with van der Waals surface area (Å²) in [5, 5.41) is 12.3. The molecule has 0 radical (unpaired) electrons. The Morgan fingerprint density at radius 2 is 1.67 bits per heavy atom. The Labute approximate surface area is 181 Å². The molecule has 0 spiro atoms. The normalized spacial score (nSPS) is 11.3. The first-order chi connectivity index (χ1) is 14.2. The van der Waals surface area contributed by atoms with Gasteiger partial charge in [0.05, 0.1) is 5.69 Å². The quantitative estimate of drug-likeness (QED) is 0.466. The molecule has 0 saturated heterocycles. The Kier molecular flexibility index (Phi) is 6.73. The van der Waals surface area contributed by atoms with Crippen LogP contribution < -0.4 is 5.32 Å². The van der Waals surface area contributed by atoms with Crippen molar-refractivity contribution in [2.45, 2.75) is 45.4 Å². The van der Waals surface area contributed by atoms with Gasteiger partial charge in [-0.2, -0.15) is 0 Å². The van der Waals surface area contributed by atoms with Crippen LogP contribution in [-0.4, -0.2) is 17.0 Å². The molecule has 0 atom stereocenters. The first-order valence-electron chi connectivity index (χ1n) is 10.1. The Morgan fingerprint density at radius 3 is 2.27 bits per heavy atom. The van der Waals surface area contributed by atoms with Crippen LogP contribution in [0.3, 0.4) is 0 Å². The summed E-state index contributed by atoms with van der Waals surface area (Å²) in [5.41, 5.74) is 3.91. The van der Waals surface area contributed by atoms with Gasteiger partial charge >= 0.3 is 5.97 Å². The molecule has 3 rings (SSSR count). The predicted molar refractivity (Wildman–Crippen MR) is 123 cm³/mol. The molecule has 30 heavy (non-hydrogen) atoms. The molecule has 0 bridgehead atoms. The average Bonchev–Trinajstić information content (AvgIpc) is 3.12. The van der Waals surface area contributed by atoms with Gasteiger partial charge in [-0.25, -0.2) is 4.79 Å². The second kappa shape index (κ2) is 9.26. The Hall–Kier alpha value is -2.92. The highest BCUT2D eigenvalue weighted by atomic mass is 32.1. The number of carbonyl (C=O) groups excluding carboxylic acids is 1. The van der Waals surface area contributed by atoms with Gasteiger partial charge in [-0.05, 0) is 41.0 Å². The van der Waals surface area contributed by atoms with Crippen molar-refractivity contribution < 1.29 is 14.7 Å². The number of benzene rings is 2. The molecule has 0 saturated carbocycles. The van der Waals surface area contributed by atoms with Crippen molar-refractivity contribution in [3.63, 3.8) is 0 Å². The highest BCUT2D eigenvalue weighted by Gasteiger charge is 2.18. The van der Waals surface area contributed by atoms with Gasteiger partial charge in [-0.3, -0.25) is 4.79 Å². The number of carboxylic acid groups (broad SMARTS) is 1. The number of rotatable bonds is 7. The minimum Gasteiger partial charge on any atom is -0.477 e. The van der Waals surface area contributed by atoms with Crippen LogP contribution in [-0.2, 0) is 16.6 Å². The number of carboxylic acids is 1. The van der Waals surface area contributed by atoms with E-state index in [-0.39, 0.29) is 16.2 Å². The summed E-state index contributed by atoms with van der Waals surface area (Å²) in [7, 11) is 0. The van der Waals surface area contributed by atoms with E-state index in [1.807, 2.05) is 30.3 Å². The fraction of sp³-hybridized carbons (Fsp3) is 0.280. The summed E-state index contributed by atoms with van der Waals surface area (Å²) in [6.45, 7) is 6.56. The van der Waals surface area contributed by atoms with Crippen molar-refractivity contribution in [2.75, 3.05) is 5.32 Å². The maximum Gasteiger partial charge on any atom is 0.348 e. The first-order valence-corrected chi connectivity index (χ1v) is 10.9. The lowest BCUT2D eigenvalue weighted by Crippen LogP contribution is -2.13. The lowest BCUT2D eigenvalue weighted by atomic mass is 9.86. The van der Waals surface area contributed by atoms with E-state index in [0.717, 1.165) is 16.9 Å². The molecule has 0 fully saturated rings. The van der Waals surface area contributed by atoms with Crippen LogP contribution in [0.1, 0.15) is 54.4 Å². The third-order valence-electron chi connectivity index (χ3n) is 4.95. The predicted octanol–water partition coefficient (Wildman–Crippen LogP) is 6.37. The summed E-state index contributed by atoms with van der Waals surface area (Å²) in [6, 6.07) is 19.8. The molecule has 0 aliphatic rings. The van der Waals surface area contributed by atoms with Gasteiger partial charge in [0.1, 0.15) is 4.88 Å². The molecular formula is C25H27NO3S. The van der Waals surface area contributed by atoms with Crippen LogP contribution in [0.25, 0.3) is 10.4 Å². The fourth-order valence-corrected chi connectivity index (χ4v) is 4.18. The van der Waals surface area contributed by atoms with E-state index in [1.54, 1.807) is 6.07 Å². The van der Waals surface area contributed by atoms with E-state index >= 15 is 0 Å². The van der Waals surface area contributed by atoms with Crippen molar-refractivity contribution >= 4 is 28.9 Å². The smallest absolute Gasteiger partial charge is 0.348 e. The van der Waals surface area contributed by atoms with Crippen molar-refractivity contribution in [1.82, 2.24) is 0 Å². The molecule has 0 aliphatic carbocycles. The minimum atomic E-state index is -1.03. The number of aromatic carboxylic acids is 1. The molecule has 2 aromatic carbocycles. The number of aryl methyl sites for hydroxylation is 1. The fourth-order valence-electron chi connectivity index (χ4n) is 3.22. The molecule has 4 nitrogen and oxygen atoms in total. The van der Waals surface area contributed by atoms with Crippen LogP contribution in [0.2, 0.25) is 0 Å². The second-order valence-electron chi connectivity index (χ2n) is 8.37. The van der Waals surface area contributed by atoms with E-state index in [9.17, 15) is 14.7 Å². The Bertz CT molecular complexity index is 1010. The number of amides is 1. The molecule has 3 aromatic rings. The number of nitrogens with one attached hydrogen (secondary N) is 1. The third kappa shape index (κ3) is 5.57. The largest absolute Gasteiger partial charge is 0.477 e. The number of carbonyl (C=O) groups is 2. The number of hydrogen-bond donors (Lipinski definition) is 2. The van der Waals surface area contributed by atoms with Gasteiger partial charge in [0.2, 0.25) is 5.91 Å². The number of hydrogen-bond acceptors (Lipinski definition) is 3. The summed E-state index contributed by atoms with van der Waals surface area (Å²) in [4.78, 5) is 25.0. The summed E-state index contributed by atoms with van der Waals surface area (Å²) in [5.74, 6) is -1.20. The lowest BCUT2D eigenvalue weighted by Gasteiger charge is -2.19. The summed E-state index contributed by atoms with van der Waals surface area (Å²) in [6.07, 6.45) is 1.86. The van der Waals surface area contributed by atoms with Crippen LogP contribution in [0.4, 0.5) is 5.69 Å². The topological polar surface area (TPSA) is 66.4 Å². The highest BCUT2D eigenvalue weighted by Crippen LogP contribution is 2.35. The molecule has 1 heterocycles. The average molecular weight is 422 g/mol. The summed E-state index contributed by atoms with van der Waals surface area (Å²) >= 11 is 1.17. The number of thiophene rings is 1. The standard InChI is InChI=1S/C25H27NO3S/c1-25(2,3)19-14-12-17(13-15-19)8-7-11-22(27)26-20-16-21(30-23(20)24(28)29)18-9-5-4-6-10-18/h4-6,9-10,12-16H,7-8,11H2,1-3H3,(H,26,27)(H,28,29). The van der Waals surface area contributed by atoms with E-state index in [2.05, 4.69) is 50.4 Å². The van der Waals surface area contributed by atoms with Crippen LogP contribution in [0, 0.1) is 0 Å². The second-order valence-corrected chi connectivity index (χ2v) is 9.43. The first kappa shape index (κ1) is 21.8. The zero-order valence-corrected chi connectivity index (χ0v) is 18.4. The maximum atomic E-state index is 12.4. The number of anilines is 1. The maximum absolute atomic E-state index is 12.4. The molecule has 0 aliphatic heterocycles. The van der Waals surface area contributed by atoms with E-state index < -0.39 is 5.97 Å².